The predicted molar refractivity (Wildman–Crippen MR) is 89.5 cm³/mol. The minimum absolute atomic E-state index is 0.0589. The molecule has 2 amide bonds. The van der Waals surface area contributed by atoms with E-state index < -0.39 is 0 Å². The van der Waals surface area contributed by atoms with Crippen molar-refractivity contribution in [3.63, 3.8) is 0 Å². The molecule has 0 radical (unpaired) electrons. The molecule has 1 saturated carbocycles. The Balaban J connectivity index is 1.27. The second-order valence-electron chi connectivity index (χ2n) is 7.23. The van der Waals surface area contributed by atoms with Gasteiger partial charge in [-0.2, -0.15) is 0 Å². The summed E-state index contributed by atoms with van der Waals surface area (Å²) in [5.74, 6) is 0.212. The molecule has 2 fully saturated rings. The topological polar surface area (TPSA) is 55.7 Å². The maximum Gasteiger partial charge on any atom is 0.318 e. The number of rotatable bonds is 2. The van der Waals surface area contributed by atoms with Crippen molar-refractivity contribution in [2.45, 2.75) is 51.0 Å². The van der Waals surface area contributed by atoms with E-state index in [9.17, 15) is 4.79 Å². The van der Waals surface area contributed by atoms with E-state index in [-0.39, 0.29) is 17.9 Å². The van der Waals surface area contributed by atoms with Gasteiger partial charge in [0.2, 0.25) is 0 Å². The summed E-state index contributed by atoms with van der Waals surface area (Å²) >= 11 is 0. The summed E-state index contributed by atoms with van der Waals surface area (Å²) in [6.45, 7) is 5.93. The zero-order chi connectivity index (χ0) is 16.6. The lowest BCUT2D eigenvalue weighted by atomic mass is 9.85. The average molecular weight is 333 g/mol. The van der Waals surface area contributed by atoms with E-state index in [1.54, 1.807) is 0 Å². The first kappa shape index (κ1) is 16.0. The summed E-state index contributed by atoms with van der Waals surface area (Å²) in [6, 6.07) is 4.34. The lowest BCUT2D eigenvalue weighted by Gasteiger charge is -2.37. The molecule has 24 heavy (non-hydrogen) atoms. The molecule has 3 heterocycles. The van der Waals surface area contributed by atoms with Crippen LogP contribution < -0.4 is 5.32 Å². The van der Waals surface area contributed by atoms with Crippen molar-refractivity contribution in [2.75, 3.05) is 26.3 Å². The quantitative estimate of drug-likeness (QED) is 0.905. The van der Waals surface area contributed by atoms with Crippen molar-refractivity contribution >= 4 is 6.03 Å². The molecule has 132 valence electrons. The second-order valence-corrected chi connectivity index (χ2v) is 7.23. The SMILES string of the molecule is C[C@@H]1c2cccn2CCN1C(=O)NCC1CCC2(CC1)OCCO2. The zero-order valence-corrected chi connectivity index (χ0v) is 14.4. The Bertz CT molecular complexity index is 584. The molecule has 0 unspecified atom stereocenters. The molecule has 6 heteroatoms. The summed E-state index contributed by atoms with van der Waals surface area (Å²) in [7, 11) is 0. The monoisotopic (exact) mass is 333 g/mol. The molecule has 0 aromatic carbocycles. The van der Waals surface area contributed by atoms with Crippen LogP contribution in [0.4, 0.5) is 4.79 Å². The van der Waals surface area contributed by atoms with Gasteiger partial charge in [-0.1, -0.05) is 0 Å². The smallest absolute Gasteiger partial charge is 0.318 e. The van der Waals surface area contributed by atoms with Gasteiger partial charge >= 0.3 is 6.03 Å². The highest BCUT2D eigenvalue weighted by Gasteiger charge is 2.40. The summed E-state index contributed by atoms with van der Waals surface area (Å²) in [5, 5.41) is 3.15. The molecular formula is C18H27N3O3. The number of nitrogens with one attached hydrogen (secondary N) is 1. The molecule has 1 aromatic rings. The lowest BCUT2D eigenvalue weighted by Crippen LogP contribution is -2.47. The molecular weight excluding hydrogens is 306 g/mol. The molecule has 1 saturated heterocycles. The fourth-order valence-corrected chi connectivity index (χ4v) is 4.30. The van der Waals surface area contributed by atoms with Crippen LogP contribution in [-0.2, 0) is 16.0 Å². The van der Waals surface area contributed by atoms with E-state index in [2.05, 4.69) is 35.1 Å². The molecule has 1 atom stereocenters. The first-order chi connectivity index (χ1) is 11.7. The molecule has 1 aliphatic carbocycles. The molecule has 3 aliphatic rings. The number of nitrogens with zero attached hydrogens (tertiary/aromatic N) is 2. The number of carbonyl (C=O) groups is 1. The van der Waals surface area contributed by atoms with E-state index in [0.717, 1.165) is 58.5 Å². The highest BCUT2D eigenvalue weighted by atomic mass is 16.7. The van der Waals surface area contributed by atoms with Crippen molar-refractivity contribution in [3.8, 4) is 0 Å². The van der Waals surface area contributed by atoms with Crippen LogP contribution in [0.1, 0.15) is 44.3 Å². The number of fused-ring (bicyclic) bond motifs is 1. The van der Waals surface area contributed by atoms with Crippen molar-refractivity contribution < 1.29 is 14.3 Å². The predicted octanol–water partition coefficient (Wildman–Crippen LogP) is 2.51. The van der Waals surface area contributed by atoms with Crippen LogP contribution >= 0.6 is 0 Å². The molecule has 6 nitrogen and oxygen atoms in total. The molecule has 1 spiro atoms. The Labute approximate surface area is 143 Å². The van der Waals surface area contributed by atoms with Crippen LogP contribution in [-0.4, -0.2) is 47.6 Å². The average Bonchev–Trinajstić information content (AvgIpc) is 3.25. The molecule has 4 rings (SSSR count). The fourth-order valence-electron chi connectivity index (χ4n) is 4.30. The first-order valence-electron chi connectivity index (χ1n) is 9.14. The lowest BCUT2D eigenvalue weighted by molar-refractivity contribution is -0.182. The Hall–Kier alpha value is -1.53. The van der Waals surface area contributed by atoms with Crippen molar-refractivity contribution in [3.05, 3.63) is 24.0 Å². The van der Waals surface area contributed by atoms with Gasteiger partial charge in [0.25, 0.3) is 0 Å². The Kier molecular flexibility index (Phi) is 4.26. The van der Waals surface area contributed by atoms with Crippen LogP contribution in [0.2, 0.25) is 0 Å². The van der Waals surface area contributed by atoms with E-state index in [1.807, 2.05) is 4.90 Å². The maximum atomic E-state index is 12.6. The summed E-state index contributed by atoms with van der Waals surface area (Å²) < 4.78 is 13.8. The van der Waals surface area contributed by atoms with Gasteiger partial charge in [0.05, 0.1) is 19.3 Å². The van der Waals surface area contributed by atoms with Gasteiger partial charge in [-0.15, -0.1) is 0 Å². The van der Waals surface area contributed by atoms with Gasteiger partial charge in [-0.05, 0) is 37.8 Å². The van der Waals surface area contributed by atoms with E-state index in [0.29, 0.717) is 5.92 Å². The van der Waals surface area contributed by atoms with Crippen molar-refractivity contribution in [1.82, 2.24) is 14.8 Å². The van der Waals surface area contributed by atoms with Crippen molar-refractivity contribution in [1.29, 1.82) is 0 Å². The third-order valence-corrected chi connectivity index (χ3v) is 5.83. The Morgan fingerprint density at radius 2 is 2.04 bits per heavy atom. The van der Waals surface area contributed by atoms with E-state index >= 15 is 0 Å². The molecule has 2 aliphatic heterocycles. The van der Waals surface area contributed by atoms with Crippen LogP contribution in [0.3, 0.4) is 0 Å². The van der Waals surface area contributed by atoms with Crippen LogP contribution in [0.5, 0.6) is 0 Å². The fraction of sp³-hybridized carbons (Fsp3) is 0.722. The Morgan fingerprint density at radius 1 is 1.29 bits per heavy atom. The summed E-state index contributed by atoms with van der Waals surface area (Å²) in [6.07, 6.45) is 6.09. The third kappa shape index (κ3) is 2.93. The highest BCUT2D eigenvalue weighted by molar-refractivity contribution is 5.74. The van der Waals surface area contributed by atoms with Crippen LogP contribution in [0.15, 0.2) is 18.3 Å². The summed E-state index contributed by atoms with van der Waals surface area (Å²) in [5.41, 5.74) is 1.21. The van der Waals surface area contributed by atoms with E-state index in [1.165, 1.54) is 5.69 Å². The molecule has 1 N–H and O–H groups in total. The van der Waals surface area contributed by atoms with Gasteiger partial charge in [0.1, 0.15) is 0 Å². The number of carbonyl (C=O) groups excluding carboxylic acids is 1. The van der Waals surface area contributed by atoms with Crippen molar-refractivity contribution in [2.24, 2.45) is 5.92 Å². The standard InChI is InChI=1S/C18H27N3O3/c1-14-16-3-2-8-20(16)9-10-21(14)17(22)19-13-15-4-6-18(7-5-15)23-11-12-24-18/h2-3,8,14-15H,4-7,9-13H2,1H3,(H,19,22)/t14-/m1/s1. The first-order valence-corrected chi connectivity index (χ1v) is 9.14. The zero-order valence-electron chi connectivity index (χ0n) is 14.4. The number of hydrogen-bond acceptors (Lipinski definition) is 3. The number of urea groups is 1. The van der Waals surface area contributed by atoms with Gasteiger partial charge < -0.3 is 24.3 Å². The number of amides is 2. The molecule has 1 aromatic heterocycles. The van der Waals surface area contributed by atoms with Gasteiger partial charge in [0, 0.05) is 44.4 Å². The van der Waals surface area contributed by atoms with Gasteiger partial charge in [-0.25, -0.2) is 4.79 Å². The van der Waals surface area contributed by atoms with E-state index in [4.69, 9.17) is 9.47 Å². The second kappa shape index (κ2) is 6.41. The Morgan fingerprint density at radius 3 is 2.79 bits per heavy atom. The van der Waals surface area contributed by atoms with Crippen LogP contribution in [0, 0.1) is 5.92 Å². The van der Waals surface area contributed by atoms with Crippen LogP contribution in [0.25, 0.3) is 0 Å². The summed E-state index contributed by atoms with van der Waals surface area (Å²) in [4.78, 5) is 14.5. The highest BCUT2D eigenvalue weighted by Crippen LogP contribution is 2.38. The number of hydrogen-bond donors (Lipinski definition) is 1. The maximum absolute atomic E-state index is 12.6. The number of ether oxygens (including phenoxy) is 2. The molecule has 0 bridgehead atoms. The number of aromatic nitrogens is 1. The third-order valence-electron chi connectivity index (χ3n) is 5.83. The minimum atomic E-state index is -0.312. The minimum Gasteiger partial charge on any atom is -0.348 e. The van der Waals surface area contributed by atoms with Gasteiger partial charge in [0.15, 0.2) is 5.79 Å². The van der Waals surface area contributed by atoms with Gasteiger partial charge in [-0.3, -0.25) is 0 Å². The normalized spacial score (nSPS) is 26.5. The largest absolute Gasteiger partial charge is 0.348 e.